The first kappa shape index (κ1) is 23.9. The lowest BCUT2D eigenvalue weighted by atomic mass is 10.1. The molecule has 3 N–H and O–H groups in total. The first-order valence-electron chi connectivity index (χ1n) is 9.90. The molecule has 0 heterocycles. The standard InChI is InChI=1S/C23H22FN3O5S/c1-3-25-33(30,31)17-11-12-20(24)19(14-17)23(29)27-21-10-5-4-9-18(21)22(28)26-15-7-6-8-16(13-15)32-2/h4-14,25H,3H2,1-2H3,(H,26,28)(H,27,29). The normalized spacial score (nSPS) is 11.0. The number of benzene rings is 3. The Kier molecular flexibility index (Phi) is 7.41. The molecular weight excluding hydrogens is 449 g/mol. The lowest BCUT2D eigenvalue weighted by Crippen LogP contribution is -2.24. The number of nitrogens with one attached hydrogen (secondary N) is 3. The molecule has 0 aliphatic carbocycles. The molecule has 172 valence electrons. The maximum absolute atomic E-state index is 14.3. The highest BCUT2D eigenvalue weighted by atomic mass is 32.2. The Balaban J connectivity index is 1.86. The van der Waals surface area contributed by atoms with E-state index in [9.17, 15) is 22.4 Å². The van der Waals surface area contributed by atoms with Crippen molar-refractivity contribution in [2.24, 2.45) is 0 Å². The van der Waals surface area contributed by atoms with Crippen LogP contribution in [0.4, 0.5) is 15.8 Å². The zero-order valence-corrected chi connectivity index (χ0v) is 18.7. The summed E-state index contributed by atoms with van der Waals surface area (Å²) < 4.78 is 46.2. The van der Waals surface area contributed by atoms with Crippen molar-refractivity contribution in [1.29, 1.82) is 0 Å². The van der Waals surface area contributed by atoms with E-state index in [0.717, 1.165) is 18.2 Å². The van der Waals surface area contributed by atoms with Gasteiger partial charge in [0, 0.05) is 18.3 Å². The van der Waals surface area contributed by atoms with E-state index in [0.29, 0.717) is 11.4 Å². The molecular formula is C23H22FN3O5S. The number of rotatable bonds is 8. The van der Waals surface area contributed by atoms with Crippen LogP contribution < -0.4 is 20.1 Å². The van der Waals surface area contributed by atoms with E-state index < -0.39 is 33.2 Å². The van der Waals surface area contributed by atoms with Crippen LogP contribution >= 0.6 is 0 Å². The predicted molar refractivity (Wildman–Crippen MR) is 123 cm³/mol. The Morgan fingerprint density at radius 2 is 1.64 bits per heavy atom. The Labute approximate surface area is 190 Å². The first-order chi connectivity index (χ1) is 15.7. The van der Waals surface area contributed by atoms with Crippen LogP contribution in [-0.2, 0) is 10.0 Å². The fourth-order valence-corrected chi connectivity index (χ4v) is 4.06. The fourth-order valence-electron chi connectivity index (χ4n) is 3.00. The van der Waals surface area contributed by atoms with Gasteiger partial charge in [-0.3, -0.25) is 9.59 Å². The molecule has 0 saturated heterocycles. The summed E-state index contributed by atoms with van der Waals surface area (Å²) in [6.45, 7) is 1.74. The van der Waals surface area contributed by atoms with Crippen molar-refractivity contribution in [3.8, 4) is 5.75 Å². The highest BCUT2D eigenvalue weighted by molar-refractivity contribution is 7.89. The summed E-state index contributed by atoms with van der Waals surface area (Å²) in [5, 5.41) is 5.20. The average Bonchev–Trinajstić information content (AvgIpc) is 2.79. The number of sulfonamides is 1. The SMILES string of the molecule is CCNS(=O)(=O)c1ccc(F)c(C(=O)Nc2ccccc2C(=O)Nc2cccc(OC)c2)c1. The molecule has 3 aromatic carbocycles. The van der Waals surface area contributed by atoms with Gasteiger partial charge in [-0.2, -0.15) is 0 Å². The number of carbonyl (C=O) groups excluding carboxylic acids is 2. The van der Waals surface area contributed by atoms with Gasteiger partial charge in [0.15, 0.2) is 0 Å². The van der Waals surface area contributed by atoms with Gasteiger partial charge in [-0.1, -0.05) is 25.1 Å². The minimum absolute atomic E-state index is 0.127. The number of anilines is 2. The van der Waals surface area contributed by atoms with E-state index in [4.69, 9.17) is 4.74 Å². The third-order valence-electron chi connectivity index (χ3n) is 4.57. The number of amides is 2. The molecule has 0 unspecified atom stereocenters. The van der Waals surface area contributed by atoms with Crippen LogP contribution in [0, 0.1) is 5.82 Å². The number of methoxy groups -OCH3 is 1. The van der Waals surface area contributed by atoms with Gasteiger partial charge in [0.05, 0.1) is 28.8 Å². The number of para-hydroxylation sites is 1. The summed E-state index contributed by atoms with van der Waals surface area (Å²) in [6.07, 6.45) is 0. The van der Waals surface area contributed by atoms with Gasteiger partial charge in [-0.15, -0.1) is 0 Å². The minimum atomic E-state index is -3.89. The summed E-state index contributed by atoms with van der Waals surface area (Å²) in [4.78, 5) is 25.3. The summed E-state index contributed by atoms with van der Waals surface area (Å²) >= 11 is 0. The number of hydrogen-bond acceptors (Lipinski definition) is 5. The number of ether oxygens (including phenoxy) is 1. The molecule has 0 aromatic heterocycles. The van der Waals surface area contributed by atoms with Crippen LogP contribution in [0.15, 0.2) is 71.6 Å². The monoisotopic (exact) mass is 471 g/mol. The second kappa shape index (κ2) is 10.2. The van der Waals surface area contributed by atoms with Crippen LogP contribution in [-0.4, -0.2) is 33.9 Å². The largest absolute Gasteiger partial charge is 0.497 e. The summed E-state index contributed by atoms with van der Waals surface area (Å²) in [7, 11) is -2.39. The van der Waals surface area contributed by atoms with Gasteiger partial charge in [0.2, 0.25) is 10.0 Å². The average molecular weight is 472 g/mol. The molecule has 3 aromatic rings. The third-order valence-corrected chi connectivity index (χ3v) is 6.12. The molecule has 0 atom stereocenters. The van der Waals surface area contributed by atoms with Crippen molar-refractivity contribution in [2.45, 2.75) is 11.8 Å². The van der Waals surface area contributed by atoms with Crippen LogP contribution in [0.5, 0.6) is 5.75 Å². The Bertz CT molecular complexity index is 1290. The Hall–Kier alpha value is -3.76. The van der Waals surface area contributed by atoms with Gasteiger partial charge in [-0.25, -0.2) is 17.5 Å². The fraction of sp³-hybridized carbons (Fsp3) is 0.130. The third kappa shape index (κ3) is 5.73. The zero-order valence-electron chi connectivity index (χ0n) is 17.9. The smallest absolute Gasteiger partial charge is 0.258 e. The van der Waals surface area contributed by atoms with Crippen molar-refractivity contribution >= 4 is 33.2 Å². The van der Waals surface area contributed by atoms with Crippen molar-refractivity contribution in [1.82, 2.24) is 4.72 Å². The van der Waals surface area contributed by atoms with Gasteiger partial charge in [0.25, 0.3) is 11.8 Å². The van der Waals surface area contributed by atoms with Gasteiger partial charge >= 0.3 is 0 Å². The van der Waals surface area contributed by atoms with Gasteiger partial charge in [0.1, 0.15) is 11.6 Å². The predicted octanol–water partition coefficient (Wildman–Crippen LogP) is 3.64. The second-order valence-corrected chi connectivity index (χ2v) is 8.60. The van der Waals surface area contributed by atoms with Crippen molar-refractivity contribution in [3.05, 3.63) is 83.7 Å². The molecule has 3 rings (SSSR count). The first-order valence-corrected chi connectivity index (χ1v) is 11.4. The molecule has 2 amide bonds. The maximum atomic E-state index is 14.3. The van der Waals surface area contributed by atoms with E-state index in [-0.39, 0.29) is 22.7 Å². The molecule has 33 heavy (non-hydrogen) atoms. The quantitative estimate of drug-likeness (QED) is 0.464. The summed E-state index contributed by atoms with van der Waals surface area (Å²) in [5.74, 6) is -1.76. The van der Waals surface area contributed by atoms with E-state index in [1.165, 1.54) is 19.2 Å². The number of carbonyl (C=O) groups is 2. The molecule has 0 spiro atoms. The molecule has 8 nitrogen and oxygen atoms in total. The van der Waals surface area contributed by atoms with Crippen LogP contribution in [0.2, 0.25) is 0 Å². The minimum Gasteiger partial charge on any atom is -0.497 e. The van der Waals surface area contributed by atoms with Crippen molar-refractivity contribution in [3.63, 3.8) is 0 Å². The lowest BCUT2D eigenvalue weighted by molar-refractivity contribution is 0.102. The summed E-state index contributed by atoms with van der Waals surface area (Å²) in [5.41, 5.74) is 0.262. The van der Waals surface area contributed by atoms with Gasteiger partial charge < -0.3 is 15.4 Å². The van der Waals surface area contributed by atoms with Crippen LogP contribution in [0.1, 0.15) is 27.6 Å². The van der Waals surface area contributed by atoms with E-state index in [1.807, 2.05) is 0 Å². The molecule has 10 heteroatoms. The lowest BCUT2D eigenvalue weighted by Gasteiger charge is -2.13. The second-order valence-electron chi connectivity index (χ2n) is 6.83. The maximum Gasteiger partial charge on any atom is 0.258 e. The van der Waals surface area contributed by atoms with Crippen LogP contribution in [0.25, 0.3) is 0 Å². The topological polar surface area (TPSA) is 114 Å². The van der Waals surface area contributed by atoms with Crippen molar-refractivity contribution in [2.75, 3.05) is 24.3 Å². The number of halogens is 1. The van der Waals surface area contributed by atoms with Gasteiger partial charge in [-0.05, 0) is 42.5 Å². The molecule has 0 bridgehead atoms. The molecule has 0 aliphatic heterocycles. The molecule has 0 aliphatic rings. The summed E-state index contributed by atoms with van der Waals surface area (Å²) in [6, 6.07) is 15.8. The highest BCUT2D eigenvalue weighted by Gasteiger charge is 2.20. The molecule has 0 saturated carbocycles. The Morgan fingerprint density at radius 1 is 0.909 bits per heavy atom. The van der Waals surface area contributed by atoms with E-state index in [2.05, 4.69) is 15.4 Å². The number of hydrogen-bond donors (Lipinski definition) is 3. The van der Waals surface area contributed by atoms with E-state index in [1.54, 1.807) is 43.3 Å². The van der Waals surface area contributed by atoms with E-state index >= 15 is 0 Å². The highest BCUT2D eigenvalue weighted by Crippen LogP contribution is 2.22. The Morgan fingerprint density at radius 3 is 2.36 bits per heavy atom. The zero-order chi connectivity index (χ0) is 24.0. The van der Waals surface area contributed by atoms with Crippen LogP contribution in [0.3, 0.4) is 0 Å². The molecule has 0 fully saturated rings. The van der Waals surface area contributed by atoms with Crippen molar-refractivity contribution < 1.29 is 27.1 Å². The molecule has 0 radical (unpaired) electrons.